The van der Waals surface area contributed by atoms with Gasteiger partial charge in [0, 0.05) is 0 Å². The largest absolute Gasteiger partial charge is 0.508 e. The Bertz CT molecular complexity index is 496. The van der Waals surface area contributed by atoms with Crippen LogP contribution in [0.25, 0.3) is 0 Å². The van der Waals surface area contributed by atoms with Crippen molar-refractivity contribution in [1.82, 2.24) is 0 Å². The molecule has 0 aromatic heterocycles. The van der Waals surface area contributed by atoms with Crippen LogP contribution in [0.15, 0.2) is 18.2 Å². The Kier molecular flexibility index (Phi) is 4.26. The molecule has 2 nitrogen and oxygen atoms in total. The maximum absolute atomic E-state index is 10.3. The van der Waals surface area contributed by atoms with Gasteiger partial charge >= 0.3 is 0 Å². The first-order valence-corrected chi connectivity index (χ1v) is 8.56. The van der Waals surface area contributed by atoms with E-state index in [4.69, 9.17) is 0 Å². The van der Waals surface area contributed by atoms with Gasteiger partial charge in [-0.15, -0.1) is 0 Å². The highest BCUT2D eigenvalue weighted by atomic mass is 16.3. The second-order valence-electron chi connectivity index (χ2n) is 7.38. The molecule has 0 radical (unpaired) electrons. The average molecular weight is 288 g/mol. The molecular weight excluding hydrogens is 260 g/mol. The van der Waals surface area contributed by atoms with E-state index in [1.165, 1.54) is 24.0 Å². The number of phenolic OH excluding ortho intramolecular Hbond substituents is 1. The van der Waals surface area contributed by atoms with Gasteiger partial charge in [-0.05, 0) is 79.0 Å². The Labute approximate surface area is 128 Å². The number of phenols is 1. The topological polar surface area (TPSA) is 40.5 Å². The van der Waals surface area contributed by atoms with E-state index in [0.29, 0.717) is 23.5 Å². The molecule has 1 aromatic carbocycles. The third kappa shape index (κ3) is 2.96. The highest BCUT2D eigenvalue weighted by Crippen LogP contribution is 2.46. The molecule has 1 saturated carbocycles. The minimum absolute atomic E-state index is 0.133. The number of hydrogen-bond donors (Lipinski definition) is 2. The van der Waals surface area contributed by atoms with Gasteiger partial charge in [0.15, 0.2) is 0 Å². The fraction of sp³-hybridized carbons (Fsp3) is 0.684. The summed E-state index contributed by atoms with van der Waals surface area (Å²) in [6, 6.07) is 5.95. The smallest absolute Gasteiger partial charge is 0.115 e. The van der Waals surface area contributed by atoms with Crippen LogP contribution < -0.4 is 0 Å². The number of rotatable bonds is 0. The fourth-order valence-corrected chi connectivity index (χ4v) is 4.72. The van der Waals surface area contributed by atoms with E-state index in [1.807, 2.05) is 12.1 Å². The molecule has 0 bridgehead atoms. The molecule has 0 saturated heterocycles. The van der Waals surface area contributed by atoms with Gasteiger partial charge in [-0.2, -0.15) is 0 Å². The van der Waals surface area contributed by atoms with Crippen molar-refractivity contribution in [3.05, 3.63) is 29.3 Å². The highest BCUT2D eigenvalue weighted by Gasteiger charge is 2.35. The van der Waals surface area contributed by atoms with Crippen LogP contribution in [0.1, 0.15) is 63.0 Å². The number of benzene rings is 1. The van der Waals surface area contributed by atoms with E-state index in [1.54, 1.807) is 0 Å². The molecule has 116 valence electrons. The zero-order valence-corrected chi connectivity index (χ0v) is 13.3. The average Bonchev–Trinajstić information content (AvgIpc) is 2.50. The molecule has 0 unspecified atom stereocenters. The Hall–Kier alpha value is -1.02. The summed E-state index contributed by atoms with van der Waals surface area (Å²) in [6.07, 6.45) is 6.54. The summed E-state index contributed by atoms with van der Waals surface area (Å²) in [5, 5.41) is 20.0. The van der Waals surface area contributed by atoms with Crippen LogP contribution in [0.3, 0.4) is 0 Å². The molecule has 1 aromatic rings. The minimum Gasteiger partial charge on any atom is -0.508 e. The van der Waals surface area contributed by atoms with Crippen LogP contribution in [0.5, 0.6) is 5.75 Å². The molecule has 2 N–H and O–H groups in total. The van der Waals surface area contributed by atoms with Crippen molar-refractivity contribution < 1.29 is 10.2 Å². The standard InChI is InChI=1S/C19H28O2/c1-12-10-13(2)19(21)5-3-4-18-16(12)8-6-14-11-15(20)7-9-17(14)18/h7,9,11-13,16,18-21H,3-6,8,10H2,1-2H3/t12-,13-,16-,18-,19+/m0/s1. The van der Waals surface area contributed by atoms with Crippen LogP contribution in [0.2, 0.25) is 0 Å². The van der Waals surface area contributed by atoms with Gasteiger partial charge in [-0.3, -0.25) is 0 Å². The first kappa shape index (κ1) is 14.9. The summed E-state index contributed by atoms with van der Waals surface area (Å²) in [5.74, 6) is 2.82. The van der Waals surface area contributed by atoms with E-state index in [0.717, 1.165) is 31.6 Å². The summed E-state index contributed by atoms with van der Waals surface area (Å²) in [6.45, 7) is 4.58. The van der Waals surface area contributed by atoms with Crippen molar-refractivity contribution in [3.63, 3.8) is 0 Å². The predicted octanol–water partition coefficient (Wildman–Crippen LogP) is 4.25. The molecule has 0 spiro atoms. The van der Waals surface area contributed by atoms with Crippen molar-refractivity contribution in [1.29, 1.82) is 0 Å². The second kappa shape index (κ2) is 6.00. The highest BCUT2D eigenvalue weighted by molar-refractivity contribution is 5.39. The molecule has 2 heteroatoms. The SMILES string of the molecule is C[C@H]1C[C@H](C)[C@H](O)CCC[C@@H]2c3ccc(O)cc3CC[C@H]21. The van der Waals surface area contributed by atoms with Gasteiger partial charge in [0.2, 0.25) is 0 Å². The van der Waals surface area contributed by atoms with E-state index < -0.39 is 0 Å². The monoisotopic (exact) mass is 288 g/mol. The van der Waals surface area contributed by atoms with Crippen LogP contribution in [0, 0.1) is 17.8 Å². The zero-order valence-electron chi connectivity index (χ0n) is 13.3. The quantitative estimate of drug-likeness (QED) is 0.749. The van der Waals surface area contributed by atoms with Gasteiger partial charge in [-0.1, -0.05) is 26.3 Å². The number of aliphatic hydroxyl groups excluding tert-OH is 1. The summed E-state index contributed by atoms with van der Waals surface area (Å²) in [5.41, 5.74) is 2.80. The maximum atomic E-state index is 10.3. The molecule has 0 heterocycles. The van der Waals surface area contributed by atoms with Crippen molar-refractivity contribution in [2.75, 3.05) is 0 Å². The first-order valence-electron chi connectivity index (χ1n) is 8.56. The van der Waals surface area contributed by atoms with Crippen molar-refractivity contribution in [2.45, 2.75) is 64.4 Å². The number of aliphatic hydroxyl groups is 1. The minimum atomic E-state index is -0.133. The van der Waals surface area contributed by atoms with Gasteiger partial charge < -0.3 is 10.2 Å². The lowest BCUT2D eigenvalue weighted by atomic mass is 9.67. The summed E-state index contributed by atoms with van der Waals surface area (Å²) >= 11 is 0. The van der Waals surface area contributed by atoms with Crippen LogP contribution >= 0.6 is 0 Å². The van der Waals surface area contributed by atoms with Crippen molar-refractivity contribution in [2.24, 2.45) is 17.8 Å². The summed E-state index contributed by atoms with van der Waals surface area (Å²) in [4.78, 5) is 0. The Balaban J connectivity index is 1.91. The van der Waals surface area contributed by atoms with E-state index in [-0.39, 0.29) is 6.10 Å². The molecule has 21 heavy (non-hydrogen) atoms. The Morgan fingerprint density at radius 3 is 2.67 bits per heavy atom. The summed E-state index contributed by atoms with van der Waals surface area (Å²) in [7, 11) is 0. The Morgan fingerprint density at radius 1 is 1.05 bits per heavy atom. The van der Waals surface area contributed by atoms with Crippen LogP contribution in [-0.4, -0.2) is 16.3 Å². The van der Waals surface area contributed by atoms with Crippen molar-refractivity contribution in [3.8, 4) is 5.75 Å². The zero-order chi connectivity index (χ0) is 15.0. The third-order valence-corrected chi connectivity index (χ3v) is 5.94. The number of aromatic hydroxyl groups is 1. The van der Waals surface area contributed by atoms with E-state index in [2.05, 4.69) is 19.9 Å². The number of hydrogen-bond acceptors (Lipinski definition) is 2. The number of aryl methyl sites for hydroxylation is 1. The van der Waals surface area contributed by atoms with Gasteiger partial charge in [0.05, 0.1) is 6.10 Å². The second-order valence-corrected chi connectivity index (χ2v) is 7.38. The number of fused-ring (bicyclic) bond motifs is 3. The van der Waals surface area contributed by atoms with Gasteiger partial charge in [-0.25, -0.2) is 0 Å². The molecule has 5 atom stereocenters. The van der Waals surface area contributed by atoms with E-state index >= 15 is 0 Å². The molecule has 0 aliphatic heterocycles. The van der Waals surface area contributed by atoms with E-state index in [9.17, 15) is 10.2 Å². The molecule has 1 fully saturated rings. The lowest BCUT2D eigenvalue weighted by molar-refractivity contribution is 0.0908. The molecule has 0 amide bonds. The van der Waals surface area contributed by atoms with Gasteiger partial charge in [0.1, 0.15) is 5.75 Å². The molecular formula is C19H28O2. The van der Waals surface area contributed by atoms with Crippen LogP contribution in [0.4, 0.5) is 0 Å². The van der Waals surface area contributed by atoms with Crippen LogP contribution in [-0.2, 0) is 6.42 Å². The lowest BCUT2D eigenvalue weighted by Crippen LogP contribution is -2.27. The summed E-state index contributed by atoms with van der Waals surface area (Å²) < 4.78 is 0. The first-order chi connectivity index (χ1) is 10.1. The normalized spacial score (nSPS) is 36.8. The molecule has 2 aliphatic carbocycles. The predicted molar refractivity (Wildman–Crippen MR) is 85.5 cm³/mol. The lowest BCUT2D eigenvalue weighted by Gasteiger charge is -2.37. The van der Waals surface area contributed by atoms with Gasteiger partial charge in [0.25, 0.3) is 0 Å². The fourth-order valence-electron chi connectivity index (χ4n) is 4.72. The Morgan fingerprint density at radius 2 is 1.86 bits per heavy atom. The third-order valence-electron chi connectivity index (χ3n) is 5.94. The molecule has 2 aliphatic rings. The molecule has 3 rings (SSSR count). The van der Waals surface area contributed by atoms with Crippen molar-refractivity contribution >= 4 is 0 Å². The maximum Gasteiger partial charge on any atom is 0.115 e.